The molecule has 0 nitrogen and oxygen atoms in total. The number of benzene rings is 4. The number of hydrogen-bond donors (Lipinski definition) is 0. The quantitative estimate of drug-likeness (QED) is 0.117. The summed E-state index contributed by atoms with van der Waals surface area (Å²) in [4.78, 5) is 0. The molecule has 0 N–H and O–H groups in total. The summed E-state index contributed by atoms with van der Waals surface area (Å²) in [6, 6.07) is 43.8. The Morgan fingerprint density at radius 2 is 1.13 bits per heavy atom. The average Bonchev–Trinajstić information content (AvgIpc) is 3.95. The van der Waals surface area contributed by atoms with Gasteiger partial charge in [-0.3, -0.25) is 0 Å². The molecule has 0 radical (unpaired) electrons. The van der Waals surface area contributed by atoms with Crippen molar-refractivity contribution in [1.29, 1.82) is 0 Å². The van der Waals surface area contributed by atoms with Crippen molar-refractivity contribution in [2.75, 3.05) is 0 Å². The van der Waals surface area contributed by atoms with Gasteiger partial charge in [0, 0.05) is 5.92 Å². The monoisotopic (exact) mass is 814 g/mol. The number of rotatable bonds is 9. The van der Waals surface area contributed by atoms with E-state index in [1.165, 1.54) is 81.8 Å². The minimum atomic E-state index is -1.28. The Morgan fingerprint density at radius 3 is 1.75 bits per heavy atom. The van der Waals surface area contributed by atoms with E-state index in [0.29, 0.717) is 5.92 Å². The third-order valence-corrected chi connectivity index (χ3v) is 29.0. The van der Waals surface area contributed by atoms with Crippen LogP contribution in [-0.2, 0) is 26.2 Å². The van der Waals surface area contributed by atoms with Gasteiger partial charge in [-0.15, -0.1) is 0 Å². The second kappa shape index (κ2) is 19.4. The van der Waals surface area contributed by atoms with E-state index in [4.69, 9.17) is 0 Å². The van der Waals surface area contributed by atoms with Gasteiger partial charge in [-0.05, 0) is 88.1 Å². The zero-order chi connectivity index (χ0) is 32.0. The SMILES string of the molecule is CCCCC1CCC([SiH](c2ccccc2)[SiH](c2ccccc2)C2CCC3C2CC2CCCC2C3C2c3ccccc3-c3ccccc32)C1.[CH3-].[CH3-].[CH3-].[CH3-].[Zr+4]. The van der Waals surface area contributed by atoms with Crippen molar-refractivity contribution in [2.24, 2.45) is 35.5 Å². The summed E-state index contributed by atoms with van der Waals surface area (Å²) in [7, 11) is -2.51. The van der Waals surface area contributed by atoms with Gasteiger partial charge in [0.05, 0.1) is 16.6 Å². The normalized spacial score (nSPS) is 28.9. The molecule has 9 rings (SSSR count). The first-order chi connectivity index (χ1) is 23.8. The summed E-state index contributed by atoms with van der Waals surface area (Å²) in [6.45, 7) is 2.39. The maximum atomic E-state index is 2.62. The summed E-state index contributed by atoms with van der Waals surface area (Å²) in [6.07, 6.45) is 17.8. The molecule has 0 aliphatic heterocycles. The summed E-state index contributed by atoms with van der Waals surface area (Å²) in [5.74, 6) is 6.09. The van der Waals surface area contributed by atoms with Gasteiger partial charge in [0.1, 0.15) is 0 Å². The molecule has 0 bridgehead atoms. The van der Waals surface area contributed by atoms with E-state index in [0.717, 1.165) is 46.6 Å². The van der Waals surface area contributed by atoms with Crippen molar-refractivity contribution in [2.45, 2.75) is 101 Å². The molecule has 280 valence electrons. The molecule has 4 aromatic carbocycles. The summed E-state index contributed by atoms with van der Waals surface area (Å²) < 4.78 is 0. The van der Waals surface area contributed by atoms with Gasteiger partial charge in [0.25, 0.3) is 0 Å². The van der Waals surface area contributed by atoms with E-state index < -0.39 is 16.6 Å². The van der Waals surface area contributed by atoms with Gasteiger partial charge in [0.2, 0.25) is 0 Å². The van der Waals surface area contributed by atoms with Gasteiger partial charge >= 0.3 is 26.2 Å². The van der Waals surface area contributed by atoms with Crippen LogP contribution in [0, 0.1) is 65.2 Å². The van der Waals surface area contributed by atoms with E-state index in [1.807, 2.05) is 10.4 Å². The third-order valence-electron chi connectivity index (χ3n) is 14.8. The molecule has 5 aliphatic rings. The molecule has 0 spiro atoms. The first-order valence-corrected chi connectivity index (χ1v) is 25.2. The molecule has 53 heavy (non-hydrogen) atoms. The summed E-state index contributed by atoms with van der Waals surface area (Å²) in [5.41, 5.74) is 8.37. The van der Waals surface area contributed by atoms with Crippen molar-refractivity contribution in [1.82, 2.24) is 0 Å². The van der Waals surface area contributed by atoms with Crippen LogP contribution in [0.2, 0.25) is 11.1 Å². The summed E-state index contributed by atoms with van der Waals surface area (Å²) in [5, 5.41) is 3.66. The Bertz CT molecular complexity index is 1640. The molecular weight excluding hydrogens is 748 g/mol. The molecule has 4 saturated carbocycles. The second-order valence-corrected chi connectivity index (χ2v) is 26.4. The molecule has 0 aromatic heterocycles. The van der Waals surface area contributed by atoms with Crippen molar-refractivity contribution >= 4 is 27.0 Å². The van der Waals surface area contributed by atoms with Gasteiger partial charge < -0.3 is 29.7 Å². The van der Waals surface area contributed by atoms with Crippen LogP contribution in [0.15, 0.2) is 109 Å². The Balaban J connectivity index is 0.00000125. The van der Waals surface area contributed by atoms with Crippen LogP contribution in [0.25, 0.3) is 11.1 Å². The smallest absolute Gasteiger partial charge is 0.358 e. The van der Waals surface area contributed by atoms with Gasteiger partial charge in [0.15, 0.2) is 0 Å². The van der Waals surface area contributed by atoms with E-state index in [2.05, 4.69) is 116 Å². The van der Waals surface area contributed by atoms with Crippen LogP contribution in [-0.4, -0.2) is 16.6 Å². The van der Waals surface area contributed by atoms with E-state index in [9.17, 15) is 0 Å². The Kier molecular flexibility index (Phi) is 16.1. The molecule has 0 saturated heterocycles. The van der Waals surface area contributed by atoms with Crippen molar-refractivity contribution < 1.29 is 26.2 Å². The maximum Gasteiger partial charge on any atom is 4.00 e. The van der Waals surface area contributed by atoms with Crippen molar-refractivity contribution in [3.05, 3.63) is 150 Å². The molecule has 3 heteroatoms. The predicted molar refractivity (Wildman–Crippen MR) is 235 cm³/mol. The second-order valence-electron chi connectivity index (χ2n) is 16.8. The minimum Gasteiger partial charge on any atom is -0.358 e. The van der Waals surface area contributed by atoms with Gasteiger partial charge in [-0.1, -0.05) is 184 Å². The Labute approximate surface area is 348 Å². The van der Waals surface area contributed by atoms with E-state index >= 15 is 0 Å². The van der Waals surface area contributed by atoms with Crippen LogP contribution < -0.4 is 10.4 Å². The molecule has 0 amide bonds. The van der Waals surface area contributed by atoms with Crippen LogP contribution in [0.4, 0.5) is 0 Å². The predicted octanol–water partition coefficient (Wildman–Crippen LogP) is 12.1. The summed E-state index contributed by atoms with van der Waals surface area (Å²) >= 11 is 0. The molecule has 4 fully saturated rings. The number of unbranched alkanes of at least 4 members (excludes halogenated alkanes) is 1. The van der Waals surface area contributed by atoms with Crippen molar-refractivity contribution in [3.63, 3.8) is 0 Å². The molecule has 10 atom stereocenters. The van der Waals surface area contributed by atoms with E-state index in [1.54, 1.807) is 17.5 Å². The standard InChI is InChI=1S/C46H56Si2.4CH3.Zr/c1-2-3-15-32-26-27-36(30-32)47(34-17-6-4-7-18-34)48(35-19-8-5-9-20-35)44-29-28-42-43(44)31-33-16-14-25-37(33)45(42)46-40-23-12-10-21-38(40)39-22-11-13-24-41(39)46;;;;;/h4-13,17-24,32-33,36-37,42-48H,2-3,14-16,25-31H2,1H3;4*1H3;/q;4*-1;+4. The van der Waals surface area contributed by atoms with Crippen molar-refractivity contribution in [3.8, 4) is 11.1 Å². The van der Waals surface area contributed by atoms with E-state index in [-0.39, 0.29) is 55.9 Å². The number of fused-ring (bicyclic) bond motifs is 5. The fraction of sp³-hybridized carbons (Fsp3) is 0.440. The first kappa shape index (κ1) is 43.9. The topological polar surface area (TPSA) is 0 Å². The molecule has 0 heterocycles. The zero-order valence-electron chi connectivity index (χ0n) is 33.7. The fourth-order valence-corrected chi connectivity index (χ4v) is 29.8. The third kappa shape index (κ3) is 8.07. The van der Waals surface area contributed by atoms with Crippen LogP contribution in [0.5, 0.6) is 0 Å². The molecular formula is C50H68Si2Zr. The van der Waals surface area contributed by atoms with Crippen LogP contribution in [0.1, 0.15) is 101 Å². The molecule has 10 unspecified atom stereocenters. The van der Waals surface area contributed by atoms with Crippen LogP contribution in [0.3, 0.4) is 0 Å². The minimum absolute atomic E-state index is 0. The molecule has 5 aliphatic carbocycles. The largest absolute Gasteiger partial charge is 4.00 e. The maximum absolute atomic E-state index is 2.62. The van der Waals surface area contributed by atoms with Gasteiger partial charge in [-0.2, -0.15) is 0 Å². The first-order valence-electron chi connectivity index (χ1n) is 20.1. The number of hydrogen-bond acceptors (Lipinski definition) is 0. The fourth-order valence-electron chi connectivity index (χ4n) is 13.1. The van der Waals surface area contributed by atoms with Gasteiger partial charge in [-0.25, -0.2) is 0 Å². The average molecular weight is 816 g/mol. The van der Waals surface area contributed by atoms with Crippen LogP contribution >= 0.6 is 0 Å². The Hall–Kier alpha value is -1.80. The molecule has 4 aromatic rings. The Morgan fingerprint density at radius 1 is 0.547 bits per heavy atom. The zero-order valence-corrected chi connectivity index (χ0v) is 38.5.